The molecule has 0 unspecified atom stereocenters. The highest BCUT2D eigenvalue weighted by Crippen LogP contribution is 2.29. The van der Waals surface area contributed by atoms with Crippen LogP contribution in [0.4, 0.5) is 0 Å². The highest BCUT2D eigenvalue weighted by molar-refractivity contribution is 6.30. The molecule has 3 rings (SSSR count). The lowest BCUT2D eigenvalue weighted by atomic mass is 10.0. The summed E-state index contributed by atoms with van der Waals surface area (Å²) >= 11 is 6.03. The van der Waals surface area contributed by atoms with E-state index in [-0.39, 0.29) is 12.3 Å². The second-order valence-corrected chi connectivity index (χ2v) is 7.89. The van der Waals surface area contributed by atoms with Gasteiger partial charge in [0.15, 0.2) is 11.5 Å². The Morgan fingerprint density at radius 2 is 1.88 bits per heavy atom. The molecule has 0 radical (unpaired) electrons. The van der Waals surface area contributed by atoms with Crippen LogP contribution in [0.2, 0.25) is 5.02 Å². The van der Waals surface area contributed by atoms with Crippen molar-refractivity contribution in [2.24, 2.45) is 5.10 Å². The van der Waals surface area contributed by atoms with E-state index in [1.54, 1.807) is 6.21 Å². The molecule has 1 amide bonds. The molecule has 0 saturated heterocycles. The Morgan fingerprint density at radius 1 is 1.03 bits per heavy atom. The number of aryl methyl sites for hydroxylation is 2. The second kappa shape index (κ2) is 11.3. The van der Waals surface area contributed by atoms with Gasteiger partial charge in [0.05, 0.1) is 19.2 Å². The van der Waals surface area contributed by atoms with E-state index in [2.05, 4.69) is 16.6 Å². The Morgan fingerprint density at radius 3 is 2.62 bits per heavy atom. The summed E-state index contributed by atoms with van der Waals surface area (Å²) in [6.45, 7) is 6.83. The van der Waals surface area contributed by atoms with E-state index in [1.807, 2.05) is 75.4 Å². The zero-order valence-electron chi connectivity index (χ0n) is 18.5. The number of carbonyl (C=O) groups is 1. The van der Waals surface area contributed by atoms with Crippen LogP contribution in [0.25, 0.3) is 0 Å². The van der Waals surface area contributed by atoms with Gasteiger partial charge in [-0.2, -0.15) is 5.10 Å². The van der Waals surface area contributed by atoms with Crippen molar-refractivity contribution in [2.75, 3.05) is 6.61 Å². The van der Waals surface area contributed by atoms with Gasteiger partial charge in [0, 0.05) is 5.02 Å². The fourth-order valence-electron chi connectivity index (χ4n) is 3.22. The molecule has 0 aliphatic rings. The number of carbonyl (C=O) groups excluding carboxylic acids is 1. The Hall–Kier alpha value is -3.31. The summed E-state index contributed by atoms with van der Waals surface area (Å²) in [6.07, 6.45) is 1.87. The van der Waals surface area contributed by atoms with Crippen LogP contribution in [0.3, 0.4) is 0 Å². The summed E-state index contributed by atoms with van der Waals surface area (Å²) in [5, 5.41) is 4.75. The second-order valence-electron chi connectivity index (χ2n) is 7.46. The molecule has 3 aromatic rings. The van der Waals surface area contributed by atoms with Crippen LogP contribution in [-0.4, -0.2) is 18.7 Å². The molecule has 6 heteroatoms. The summed E-state index contributed by atoms with van der Waals surface area (Å²) in [7, 11) is 0. The van der Waals surface area contributed by atoms with E-state index in [0.29, 0.717) is 29.7 Å². The van der Waals surface area contributed by atoms with E-state index in [0.717, 1.165) is 22.3 Å². The third-order valence-electron chi connectivity index (χ3n) is 4.80. The van der Waals surface area contributed by atoms with Crippen LogP contribution in [-0.2, 0) is 17.8 Å². The van der Waals surface area contributed by atoms with Gasteiger partial charge in [-0.25, -0.2) is 5.43 Å². The van der Waals surface area contributed by atoms with Gasteiger partial charge in [-0.1, -0.05) is 47.5 Å². The lowest BCUT2D eigenvalue weighted by Gasteiger charge is -2.13. The fourth-order valence-corrected chi connectivity index (χ4v) is 3.43. The number of benzene rings is 3. The van der Waals surface area contributed by atoms with Gasteiger partial charge in [0.1, 0.15) is 6.61 Å². The number of nitrogens with zero attached hydrogens (tertiary/aromatic N) is 1. The minimum Gasteiger partial charge on any atom is -0.490 e. The van der Waals surface area contributed by atoms with E-state index >= 15 is 0 Å². The predicted octanol–water partition coefficient (Wildman–Crippen LogP) is 5.63. The first kappa shape index (κ1) is 23.4. The number of hydrazone groups is 1. The van der Waals surface area contributed by atoms with Gasteiger partial charge in [0.2, 0.25) is 5.91 Å². The van der Waals surface area contributed by atoms with Crippen molar-refractivity contribution in [3.05, 3.63) is 93.5 Å². The van der Waals surface area contributed by atoms with Crippen molar-refractivity contribution >= 4 is 23.7 Å². The van der Waals surface area contributed by atoms with E-state index in [1.165, 1.54) is 5.56 Å². The van der Waals surface area contributed by atoms with Gasteiger partial charge in [-0.3, -0.25) is 4.79 Å². The van der Waals surface area contributed by atoms with Crippen LogP contribution >= 0.6 is 11.6 Å². The van der Waals surface area contributed by atoms with E-state index < -0.39 is 0 Å². The summed E-state index contributed by atoms with van der Waals surface area (Å²) in [4.78, 5) is 12.2. The molecule has 0 bridgehead atoms. The quantitative estimate of drug-likeness (QED) is 0.339. The van der Waals surface area contributed by atoms with Crippen molar-refractivity contribution in [2.45, 2.75) is 33.8 Å². The molecule has 0 aliphatic heterocycles. The lowest BCUT2D eigenvalue weighted by molar-refractivity contribution is -0.120. The van der Waals surface area contributed by atoms with Gasteiger partial charge >= 0.3 is 0 Å². The topological polar surface area (TPSA) is 59.9 Å². The molecule has 0 saturated carbocycles. The number of ether oxygens (including phenoxy) is 2. The average molecular weight is 451 g/mol. The Bertz CT molecular complexity index is 1110. The first-order valence-corrected chi connectivity index (χ1v) is 10.8. The first-order chi connectivity index (χ1) is 15.4. The molecule has 3 aromatic carbocycles. The van der Waals surface area contributed by atoms with Crippen LogP contribution in [0.15, 0.2) is 65.8 Å². The average Bonchev–Trinajstić information content (AvgIpc) is 2.75. The number of nitrogens with one attached hydrogen (secondary N) is 1. The minimum absolute atomic E-state index is 0.167. The maximum absolute atomic E-state index is 12.2. The summed E-state index contributed by atoms with van der Waals surface area (Å²) in [5.41, 5.74) is 7.60. The monoisotopic (exact) mass is 450 g/mol. The molecule has 166 valence electrons. The molecule has 0 fully saturated rings. The predicted molar refractivity (Wildman–Crippen MR) is 129 cm³/mol. The molecule has 0 aliphatic carbocycles. The highest BCUT2D eigenvalue weighted by atomic mass is 35.5. The largest absolute Gasteiger partial charge is 0.490 e. The number of rotatable bonds is 9. The minimum atomic E-state index is -0.167. The molecule has 5 nitrogen and oxygen atoms in total. The van der Waals surface area contributed by atoms with E-state index in [9.17, 15) is 4.79 Å². The Kier molecular flexibility index (Phi) is 8.28. The molecule has 32 heavy (non-hydrogen) atoms. The lowest BCUT2D eigenvalue weighted by Crippen LogP contribution is -2.20. The molecular formula is C26H27ClN2O3. The van der Waals surface area contributed by atoms with Gasteiger partial charge < -0.3 is 9.47 Å². The van der Waals surface area contributed by atoms with Crippen molar-refractivity contribution in [1.82, 2.24) is 5.43 Å². The maximum atomic E-state index is 12.2. The normalized spacial score (nSPS) is 10.9. The molecule has 0 heterocycles. The number of amides is 1. The zero-order chi connectivity index (χ0) is 22.9. The van der Waals surface area contributed by atoms with Crippen molar-refractivity contribution in [1.29, 1.82) is 0 Å². The van der Waals surface area contributed by atoms with Crippen molar-refractivity contribution < 1.29 is 14.3 Å². The third-order valence-corrected chi connectivity index (χ3v) is 5.04. The number of hydrogen-bond acceptors (Lipinski definition) is 4. The van der Waals surface area contributed by atoms with E-state index in [4.69, 9.17) is 21.1 Å². The highest BCUT2D eigenvalue weighted by Gasteiger charge is 2.08. The Balaban J connectivity index is 1.61. The number of hydrogen-bond donors (Lipinski definition) is 1. The Labute approximate surface area is 194 Å². The summed E-state index contributed by atoms with van der Waals surface area (Å²) in [6, 6.07) is 19.1. The third kappa shape index (κ3) is 6.86. The van der Waals surface area contributed by atoms with Crippen LogP contribution in [0.1, 0.15) is 34.7 Å². The van der Waals surface area contributed by atoms with Crippen LogP contribution < -0.4 is 14.9 Å². The summed E-state index contributed by atoms with van der Waals surface area (Å²) in [5.74, 6) is 1.07. The number of halogens is 1. The SMILES string of the molecule is CCOc1cc(/C=N/NC(=O)Cc2ccc(C)cc2C)ccc1OCc1cccc(Cl)c1. The smallest absolute Gasteiger partial charge is 0.244 e. The molecule has 0 spiro atoms. The van der Waals surface area contributed by atoms with Gasteiger partial charge in [-0.15, -0.1) is 0 Å². The molecular weight excluding hydrogens is 424 g/mol. The van der Waals surface area contributed by atoms with Gasteiger partial charge in [-0.05, 0) is 73.4 Å². The molecule has 1 N–H and O–H groups in total. The van der Waals surface area contributed by atoms with Crippen molar-refractivity contribution in [3.8, 4) is 11.5 Å². The summed E-state index contributed by atoms with van der Waals surface area (Å²) < 4.78 is 11.6. The molecule has 0 aromatic heterocycles. The fraction of sp³-hybridized carbons (Fsp3) is 0.231. The zero-order valence-corrected chi connectivity index (χ0v) is 19.3. The van der Waals surface area contributed by atoms with Crippen molar-refractivity contribution in [3.63, 3.8) is 0 Å². The maximum Gasteiger partial charge on any atom is 0.244 e. The van der Waals surface area contributed by atoms with Gasteiger partial charge in [0.25, 0.3) is 0 Å². The van der Waals surface area contributed by atoms with Crippen LogP contribution in [0, 0.1) is 13.8 Å². The first-order valence-electron chi connectivity index (χ1n) is 10.5. The standard InChI is InChI=1S/C26H27ClN2O3/c1-4-31-25-14-20(9-11-24(25)32-17-21-6-5-7-23(27)13-21)16-28-29-26(30)15-22-10-8-18(2)12-19(22)3/h5-14,16H,4,15,17H2,1-3H3,(H,29,30)/b28-16+. The van der Waals surface area contributed by atoms with Crippen LogP contribution in [0.5, 0.6) is 11.5 Å². The molecule has 0 atom stereocenters.